The highest BCUT2D eigenvalue weighted by Gasteiger charge is 2.12. The summed E-state index contributed by atoms with van der Waals surface area (Å²) in [7, 11) is 3.21. The zero-order valence-corrected chi connectivity index (χ0v) is 17.6. The van der Waals surface area contributed by atoms with Crippen molar-refractivity contribution in [2.75, 3.05) is 31.5 Å². The Morgan fingerprint density at radius 3 is 2.26 bits per heavy atom. The van der Waals surface area contributed by atoms with Crippen LogP contribution in [0.5, 0.6) is 11.5 Å². The van der Waals surface area contributed by atoms with Gasteiger partial charge in [0.1, 0.15) is 11.5 Å². The quantitative estimate of drug-likeness (QED) is 0.549. The molecule has 3 aromatic carbocycles. The summed E-state index contributed by atoms with van der Waals surface area (Å²) in [6.45, 7) is 1.98. The largest absolute Gasteiger partial charge is 0.497 e. The minimum absolute atomic E-state index is 0.264. The molecule has 0 aliphatic carbocycles. The molecule has 0 aromatic heterocycles. The zero-order valence-electron chi connectivity index (χ0n) is 17.6. The number of hydrogen-bond donors (Lipinski definition) is 2. The second kappa shape index (κ2) is 10.2. The number of methoxy groups -OCH3 is 2. The Morgan fingerprint density at radius 2 is 1.58 bits per heavy atom. The molecule has 0 radical (unpaired) electrons. The van der Waals surface area contributed by atoms with Crippen molar-refractivity contribution in [2.45, 2.75) is 6.92 Å². The van der Waals surface area contributed by atoms with Gasteiger partial charge in [0.05, 0.1) is 20.8 Å². The Labute approximate surface area is 180 Å². The van der Waals surface area contributed by atoms with Crippen molar-refractivity contribution in [1.82, 2.24) is 0 Å². The topological polar surface area (TPSA) is 85.9 Å². The van der Waals surface area contributed by atoms with Gasteiger partial charge in [-0.3, -0.25) is 10.1 Å². The summed E-state index contributed by atoms with van der Waals surface area (Å²) >= 11 is 0. The molecule has 3 rings (SSSR count). The van der Waals surface area contributed by atoms with Gasteiger partial charge in [0.2, 0.25) is 0 Å². The van der Waals surface area contributed by atoms with Crippen LogP contribution in [-0.2, 0) is 4.74 Å². The molecule has 2 amide bonds. The molecule has 3 aromatic rings. The summed E-state index contributed by atoms with van der Waals surface area (Å²) in [5.41, 5.74) is 3.24. The van der Waals surface area contributed by atoms with E-state index in [0.717, 1.165) is 16.9 Å². The van der Waals surface area contributed by atoms with Crippen LogP contribution in [0.3, 0.4) is 0 Å². The molecule has 160 valence electrons. The zero-order chi connectivity index (χ0) is 22.2. The molecule has 0 saturated carbocycles. The van der Waals surface area contributed by atoms with Crippen LogP contribution in [0, 0.1) is 0 Å². The normalized spacial score (nSPS) is 10.2. The molecule has 0 aliphatic heterocycles. The van der Waals surface area contributed by atoms with Crippen molar-refractivity contribution in [3.8, 4) is 22.6 Å². The summed E-state index contributed by atoms with van der Waals surface area (Å²) < 4.78 is 15.6. The maximum absolute atomic E-state index is 12.8. The van der Waals surface area contributed by atoms with Crippen LogP contribution in [0.15, 0.2) is 66.7 Å². The van der Waals surface area contributed by atoms with Crippen molar-refractivity contribution in [1.29, 1.82) is 0 Å². The highest BCUT2D eigenvalue weighted by atomic mass is 16.5. The van der Waals surface area contributed by atoms with Gasteiger partial charge in [0.25, 0.3) is 5.91 Å². The Balaban J connectivity index is 1.81. The van der Waals surface area contributed by atoms with Crippen LogP contribution >= 0.6 is 0 Å². The lowest BCUT2D eigenvalue weighted by Gasteiger charge is -2.13. The molecule has 0 unspecified atom stereocenters. The third-order valence-corrected chi connectivity index (χ3v) is 4.50. The second-order valence-corrected chi connectivity index (χ2v) is 6.52. The lowest BCUT2D eigenvalue weighted by atomic mass is 10.0. The van der Waals surface area contributed by atoms with Crippen molar-refractivity contribution in [3.63, 3.8) is 0 Å². The molecule has 0 bridgehead atoms. The van der Waals surface area contributed by atoms with Gasteiger partial charge in [0, 0.05) is 22.5 Å². The number of carbonyl (C=O) groups is 2. The molecular formula is C24H24N2O5. The van der Waals surface area contributed by atoms with Crippen LogP contribution in [0.25, 0.3) is 11.1 Å². The molecule has 0 fully saturated rings. The van der Waals surface area contributed by atoms with E-state index < -0.39 is 6.09 Å². The standard InChI is InChI=1S/C24H24N2O5/c1-4-31-24(28)26-18-7-5-6-17(14-18)23(27)25-19-10-13-22(30-3)21(15-19)16-8-11-20(29-2)12-9-16/h5-15H,4H2,1-3H3,(H,25,27)(H,26,28). The number of hydrogen-bond acceptors (Lipinski definition) is 5. The van der Waals surface area contributed by atoms with Gasteiger partial charge in [-0.1, -0.05) is 18.2 Å². The molecule has 0 aliphatic rings. The van der Waals surface area contributed by atoms with Gasteiger partial charge in [0.15, 0.2) is 0 Å². The number of rotatable bonds is 7. The van der Waals surface area contributed by atoms with E-state index in [1.165, 1.54) is 0 Å². The van der Waals surface area contributed by atoms with E-state index >= 15 is 0 Å². The van der Waals surface area contributed by atoms with Crippen LogP contribution in [0.4, 0.5) is 16.2 Å². The first-order chi connectivity index (χ1) is 15.0. The maximum atomic E-state index is 12.8. The predicted molar refractivity (Wildman–Crippen MR) is 120 cm³/mol. The number of benzene rings is 3. The first kappa shape index (κ1) is 21.7. The molecule has 0 saturated heterocycles. The molecule has 2 N–H and O–H groups in total. The minimum Gasteiger partial charge on any atom is -0.497 e. The molecule has 0 atom stereocenters. The van der Waals surface area contributed by atoms with Crippen molar-refractivity contribution < 1.29 is 23.8 Å². The van der Waals surface area contributed by atoms with Crippen LogP contribution < -0.4 is 20.1 Å². The van der Waals surface area contributed by atoms with Crippen LogP contribution in [0.1, 0.15) is 17.3 Å². The van der Waals surface area contributed by atoms with Gasteiger partial charge in [-0.25, -0.2) is 4.79 Å². The van der Waals surface area contributed by atoms with Gasteiger partial charge in [-0.15, -0.1) is 0 Å². The maximum Gasteiger partial charge on any atom is 0.411 e. The number of carbonyl (C=O) groups excluding carboxylic acids is 2. The Hall–Kier alpha value is -4.00. The Bertz CT molecular complexity index is 1060. The summed E-state index contributed by atoms with van der Waals surface area (Å²) in [5.74, 6) is 1.13. The van der Waals surface area contributed by atoms with E-state index in [1.54, 1.807) is 57.5 Å². The summed E-state index contributed by atoms with van der Waals surface area (Å²) in [5, 5.41) is 5.47. The van der Waals surface area contributed by atoms with Crippen molar-refractivity contribution in [3.05, 3.63) is 72.3 Å². The molecule has 7 heteroatoms. The highest BCUT2D eigenvalue weighted by Crippen LogP contribution is 2.33. The summed E-state index contributed by atoms with van der Waals surface area (Å²) in [4.78, 5) is 24.4. The lowest BCUT2D eigenvalue weighted by molar-refractivity contribution is 0.102. The van der Waals surface area contributed by atoms with E-state index in [-0.39, 0.29) is 12.5 Å². The number of anilines is 2. The van der Waals surface area contributed by atoms with E-state index in [0.29, 0.717) is 22.7 Å². The molecular weight excluding hydrogens is 396 g/mol. The van der Waals surface area contributed by atoms with Crippen molar-refractivity contribution >= 4 is 23.4 Å². The first-order valence-electron chi connectivity index (χ1n) is 9.71. The first-order valence-corrected chi connectivity index (χ1v) is 9.71. The predicted octanol–water partition coefficient (Wildman–Crippen LogP) is 5.19. The monoisotopic (exact) mass is 420 g/mol. The minimum atomic E-state index is -0.570. The van der Waals surface area contributed by atoms with Crippen LogP contribution in [-0.4, -0.2) is 32.8 Å². The molecule has 31 heavy (non-hydrogen) atoms. The van der Waals surface area contributed by atoms with E-state index in [1.807, 2.05) is 30.3 Å². The van der Waals surface area contributed by atoms with Gasteiger partial charge in [-0.05, 0) is 61.0 Å². The second-order valence-electron chi connectivity index (χ2n) is 6.52. The average molecular weight is 420 g/mol. The van der Waals surface area contributed by atoms with E-state index in [4.69, 9.17) is 14.2 Å². The highest BCUT2D eigenvalue weighted by molar-refractivity contribution is 6.05. The fourth-order valence-electron chi connectivity index (χ4n) is 3.01. The molecule has 0 heterocycles. The third-order valence-electron chi connectivity index (χ3n) is 4.50. The Morgan fingerprint density at radius 1 is 0.839 bits per heavy atom. The average Bonchev–Trinajstić information content (AvgIpc) is 2.79. The SMILES string of the molecule is CCOC(=O)Nc1cccc(C(=O)Nc2ccc(OC)c(-c3ccc(OC)cc3)c2)c1. The van der Waals surface area contributed by atoms with Gasteiger partial charge in [-0.2, -0.15) is 0 Å². The number of amides is 2. The number of ether oxygens (including phenoxy) is 3. The molecule has 0 spiro atoms. The lowest BCUT2D eigenvalue weighted by Crippen LogP contribution is -2.15. The number of nitrogens with one attached hydrogen (secondary N) is 2. The molecule has 7 nitrogen and oxygen atoms in total. The third kappa shape index (κ3) is 5.54. The van der Waals surface area contributed by atoms with E-state index in [9.17, 15) is 9.59 Å². The van der Waals surface area contributed by atoms with E-state index in [2.05, 4.69) is 10.6 Å². The Kier molecular flexibility index (Phi) is 7.11. The smallest absolute Gasteiger partial charge is 0.411 e. The summed E-state index contributed by atoms with van der Waals surface area (Å²) in [6, 6.07) is 19.6. The fraction of sp³-hybridized carbons (Fsp3) is 0.167. The van der Waals surface area contributed by atoms with Gasteiger partial charge < -0.3 is 19.5 Å². The fourth-order valence-corrected chi connectivity index (χ4v) is 3.01. The van der Waals surface area contributed by atoms with Crippen LogP contribution in [0.2, 0.25) is 0 Å². The summed E-state index contributed by atoms with van der Waals surface area (Å²) in [6.07, 6.45) is -0.570. The van der Waals surface area contributed by atoms with Crippen molar-refractivity contribution in [2.24, 2.45) is 0 Å². The van der Waals surface area contributed by atoms with Gasteiger partial charge >= 0.3 is 6.09 Å².